The Morgan fingerprint density at radius 1 is 1.67 bits per heavy atom. The number of hydrogen-bond donors (Lipinski definition) is 2. The molecule has 0 saturated carbocycles. The molecule has 0 aliphatic carbocycles. The van der Waals surface area contributed by atoms with Crippen LogP contribution in [0.15, 0.2) is 12.3 Å². The molecular formula is C13H22N4O. The number of hydrogen-bond acceptors (Lipinski definition) is 3. The average Bonchev–Trinajstić information content (AvgIpc) is 2.76. The molecule has 1 fully saturated rings. The van der Waals surface area contributed by atoms with E-state index >= 15 is 0 Å². The highest BCUT2D eigenvalue weighted by Gasteiger charge is 2.16. The maximum absolute atomic E-state index is 11.8. The smallest absolute Gasteiger partial charge is 0.220 e. The molecule has 1 aliphatic heterocycles. The molecule has 0 bridgehead atoms. The SMILES string of the molecule is Cn1nccc1CCNC(=O)CC1CCCNC1. The minimum Gasteiger partial charge on any atom is -0.356 e. The lowest BCUT2D eigenvalue weighted by molar-refractivity contribution is -0.122. The molecule has 0 radical (unpaired) electrons. The van der Waals surface area contributed by atoms with Gasteiger partial charge in [0.2, 0.25) is 5.91 Å². The number of carbonyl (C=O) groups is 1. The van der Waals surface area contributed by atoms with Crippen LogP contribution in [0.25, 0.3) is 0 Å². The molecule has 2 N–H and O–H groups in total. The molecule has 2 rings (SSSR count). The summed E-state index contributed by atoms with van der Waals surface area (Å²) in [4.78, 5) is 11.8. The second-order valence-electron chi connectivity index (χ2n) is 4.96. The van der Waals surface area contributed by atoms with E-state index in [4.69, 9.17) is 0 Å². The molecule has 1 atom stereocenters. The zero-order valence-corrected chi connectivity index (χ0v) is 11.0. The lowest BCUT2D eigenvalue weighted by Crippen LogP contribution is -2.34. The van der Waals surface area contributed by atoms with E-state index in [1.165, 1.54) is 12.8 Å². The van der Waals surface area contributed by atoms with Gasteiger partial charge in [-0.3, -0.25) is 9.48 Å². The summed E-state index contributed by atoms with van der Waals surface area (Å²) in [6, 6.07) is 1.98. The van der Waals surface area contributed by atoms with Crippen LogP contribution in [-0.4, -0.2) is 35.3 Å². The fraction of sp³-hybridized carbons (Fsp3) is 0.692. The summed E-state index contributed by atoms with van der Waals surface area (Å²) in [5, 5.41) is 10.4. The number of nitrogens with zero attached hydrogens (tertiary/aromatic N) is 2. The van der Waals surface area contributed by atoms with E-state index in [0.717, 1.165) is 25.2 Å². The van der Waals surface area contributed by atoms with Crippen molar-refractivity contribution in [3.63, 3.8) is 0 Å². The van der Waals surface area contributed by atoms with Crippen LogP contribution < -0.4 is 10.6 Å². The van der Waals surface area contributed by atoms with Gasteiger partial charge in [0.1, 0.15) is 0 Å². The minimum atomic E-state index is 0.172. The zero-order chi connectivity index (χ0) is 12.8. The summed E-state index contributed by atoms with van der Waals surface area (Å²) in [6.07, 6.45) is 5.63. The molecule has 1 aromatic rings. The Kier molecular flexibility index (Phi) is 4.75. The van der Waals surface area contributed by atoms with Crippen molar-refractivity contribution < 1.29 is 4.79 Å². The van der Waals surface area contributed by atoms with E-state index < -0.39 is 0 Å². The molecular weight excluding hydrogens is 228 g/mol. The Labute approximate surface area is 108 Å². The maximum atomic E-state index is 11.8. The van der Waals surface area contributed by atoms with Crippen molar-refractivity contribution >= 4 is 5.91 Å². The van der Waals surface area contributed by atoms with Crippen LogP contribution in [0.5, 0.6) is 0 Å². The standard InChI is InChI=1S/C13H22N4O/c1-17-12(5-8-16-17)4-7-15-13(18)9-11-3-2-6-14-10-11/h5,8,11,14H,2-4,6-7,9-10H2,1H3,(H,15,18). The molecule has 0 aromatic carbocycles. The Hall–Kier alpha value is -1.36. The van der Waals surface area contributed by atoms with Crippen molar-refractivity contribution in [1.82, 2.24) is 20.4 Å². The molecule has 0 spiro atoms. The van der Waals surface area contributed by atoms with E-state index in [1.807, 2.05) is 17.8 Å². The van der Waals surface area contributed by atoms with Gasteiger partial charge in [-0.25, -0.2) is 0 Å². The van der Waals surface area contributed by atoms with Gasteiger partial charge in [0, 0.05) is 38.3 Å². The summed E-state index contributed by atoms with van der Waals surface area (Å²) in [6.45, 7) is 2.77. The Morgan fingerprint density at radius 2 is 2.56 bits per heavy atom. The number of piperidine rings is 1. The molecule has 1 saturated heterocycles. The van der Waals surface area contributed by atoms with Gasteiger partial charge in [-0.2, -0.15) is 5.10 Å². The molecule has 2 heterocycles. The summed E-state index contributed by atoms with van der Waals surface area (Å²) in [5.74, 6) is 0.682. The first-order valence-electron chi connectivity index (χ1n) is 6.70. The topological polar surface area (TPSA) is 59.0 Å². The number of aryl methyl sites for hydroxylation is 1. The second-order valence-corrected chi connectivity index (χ2v) is 4.96. The third-order valence-corrected chi connectivity index (χ3v) is 3.50. The first-order valence-corrected chi connectivity index (χ1v) is 6.70. The van der Waals surface area contributed by atoms with Crippen molar-refractivity contribution in [2.24, 2.45) is 13.0 Å². The highest BCUT2D eigenvalue weighted by Crippen LogP contribution is 2.13. The van der Waals surface area contributed by atoms with Crippen LogP contribution in [0.4, 0.5) is 0 Å². The minimum absolute atomic E-state index is 0.172. The first-order chi connectivity index (χ1) is 8.75. The number of carbonyl (C=O) groups excluding carboxylic acids is 1. The van der Waals surface area contributed by atoms with Gasteiger partial charge in [-0.05, 0) is 37.9 Å². The van der Waals surface area contributed by atoms with Gasteiger partial charge in [0.25, 0.3) is 0 Å². The summed E-state index contributed by atoms with van der Waals surface area (Å²) < 4.78 is 1.84. The largest absolute Gasteiger partial charge is 0.356 e. The number of aromatic nitrogens is 2. The van der Waals surface area contributed by atoms with Crippen LogP contribution in [-0.2, 0) is 18.3 Å². The van der Waals surface area contributed by atoms with Crippen LogP contribution in [0.2, 0.25) is 0 Å². The zero-order valence-electron chi connectivity index (χ0n) is 11.0. The van der Waals surface area contributed by atoms with E-state index in [0.29, 0.717) is 18.9 Å². The fourth-order valence-electron chi connectivity index (χ4n) is 2.41. The van der Waals surface area contributed by atoms with Crippen molar-refractivity contribution in [2.75, 3.05) is 19.6 Å². The predicted octanol–water partition coefficient (Wildman–Crippen LogP) is 0.469. The summed E-state index contributed by atoms with van der Waals surface area (Å²) in [5.41, 5.74) is 1.15. The van der Waals surface area contributed by atoms with E-state index in [1.54, 1.807) is 6.20 Å². The molecule has 18 heavy (non-hydrogen) atoms. The molecule has 5 heteroatoms. The lowest BCUT2D eigenvalue weighted by atomic mass is 9.96. The van der Waals surface area contributed by atoms with Crippen LogP contribution in [0, 0.1) is 5.92 Å². The van der Waals surface area contributed by atoms with Crippen LogP contribution >= 0.6 is 0 Å². The van der Waals surface area contributed by atoms with Crippen LogP contribution in [0.1, 0.15) is 25.0 Å². The average molecular weight is 250 g/mol. The fourth-order valence-corrected chi connectivity index (χ4v) is 2.41. The normalized spacial score (nSPS) is 19.7. The van der Waals surface area contributed by atoms with Gasteiger partial charge in [0.15, 0.2) is 0 Å². The van der Waals surface area contributed by atoms with Crippen molar-refractivity contribution in [1.29, 1.82) is 0 Å². The monoisotopic (exact) mass is 250 g/mol. The number of amides is 1. The summed E-state index contributed by atoms with van der Waals surface area (Å²) in [7, 11) is 1.92. The van der Waals surface area contributed by atoms with Crippen LogP contribution in [0.3, 0.4) is 0 Å². The van der Waals surface area contributed by atoms with E-state index in [-0.39, 0.29) is 5.91 Å². The third-order valence-electron chi connectivity index (χ3n) is 3.50. The maximum Gasteiger partial charge on any atom is 0.220 e. The van der Waals surface area contributed by atoms with Crippen molar-refractivity contribution in [3.8, 4) is 0 Å². The van der Waals surface area contributed by atoms with Gasteiger partial charge in [-0.1, -0.05) is 0 Å². The first kappa shape index (κ1) is 13.1. The number of nitrogens with one attached hydrogen (secondary N) is 2. The molecule has 1 aromatic heterocycles. The Balaban J connectivity index is 1.64. The second kappa shape index (κ2) is 6.54. The molecule has 1 amide bonds. The summed E-state index contributed by atoms with van der Waals surface area (Å²) >= 11 is 0. The number of rotatable bonds is 5. The molecule has 1 unspecified atom stereocenters. The third kappa shape index (κ3) is 3.84. The van der Waals surface area contributed by atoms with Gasteiger partial charge in [0.05, 0.1) is 0 Å². The lowest BCUT2D eigenvalue weighted by Gasteiger charge is -2.22. The van der Waals surface area contributed by atoms with Crippen molar-refractivity contribution in [2.45, 2.75) is 25.7 Å². The highest BCUT2D eigenvalue weighted by atomic mass is 16.1. The molecule has 5 nitrogen and oxygen atoms in total. The van der Waals surface area contributed by atoms with E-state index in [9.17, 15) is 4.79 Å². The quantitative estimate of drug-likeness (QED) is 0.798. The predicted molar refractivity (Wildman–Crippen MR) is 70.1 cm³/mol. The highest BCUT2D eigenvalue weighted by molar-refractivity contribution is 5.76. The van der Waals surface area contributed by atoms with Gasteiger partial charge >= 0.3 is 0 Å². The Morgan fingerprint density at radius 3 is 3.22 bits per heavy atom. The van der Waals surface area contributed by atoms with Gasteiger partial charge < -0.3 is 10.6 Å². The Bertz CT molecular complexity index is 382. The molecule has 1 aliphatic rings. The van der Waals surface area contributed by atoms with E-state index in [2.05, 4.69) is 15.7 Å². The molecule has 100 valence electrons. The van der Waals surface area contributed by atoms with Gasteiger partial charge in [-0.15, -0.1) is 0 Å². The van der Waals surface area contributed by atoms with Crippen molar-refractivity contribution in [3.05, 3.63) is 18.0 Å².